The molecule has 1 aliphatic heterocycles. The van der Waals surface area contributed by atoms with Crippen LogP contribution in [-0.4, -0.2) is 26.0 Å². The van der Waals surface area contributed by atoms with Crippen molar-refractivity contribution in [3.05, 3.63) is 70.0 Å². The third kappa shape index (κ3) is 3.59. The van der Waals surface area contributed by atoms with Gasteiger partial charge in [-0.05, 0) is 43.2 Å². The van der Waals surface area contributed by atoms with Crippen LogP contribution in [0.15, 0.2) is 58.2 Å². The first-order valence-corrected chi connectivity index (χ1v) is 10.2. The van der Waals surface area contributed by atoms with Crippen molar-refractivity contribution < 1.29 is 4.79 Å². The largest absolute Gasteiger partial charge is 0.325 e. The zero-order valence-electron chi connectivity index (χ0n) is 14.8. The highest BCUT2D eigenvalue weighted by molar-refractivity contribution is 9.10. The number of carbonyl (C=O) groups is 1. The highest BCUT2D eigenvalue weighted by atomic mass is 79.9. The predicted molar refractivity (Wildman–Crippen MR) is 110 cm³/mol. The van der Waals surface area contributed by atoms with Gasteiger partial charge in [0.05, 0.1) is 6.04 Å². The lowest BCUT2D eigenvalue weighted by Gasteiger charge is -2.32. The molecule has 3 aromatic rings. The van der Waals surface area contributed by atoms with Gasteiger partial charge >= 0.3 is 0 Å². The van der Waals surface area contributed by atoms with E-state index in [0.717, 1.165) is 27.1 Å². The number of nitrogens with zero attached hydrogens (tertiary/aromatic N) is 3. The monoisotopic (exact) mass is 443 g/mol. The van der Waals surface area contributed by atoms with E-state index in [2.05, 4.69) is 36.9 Å². The van der Waals surface area contributed by atoms with E-state index in [1.165, 1.54) is 11.8 Å². The smallest absolute Gasteiger partial charge is 0.240 e. The molecule has 2 N–H and O–H groups in total. The van der Waals surface area contributed by atoms with E-state index in [-0.39, 0.29) is 17.2 Å². The van der Waals surface area contributed by atoms with Gasteiger partial charge < -0.3 is 10.7 Å². The number of halogens is 1. The number of anilines is 1. The molecule has 0 spiro atoms. The van der Waals surface area contributed by atoms with Crippen molar-refractivity contribution in [3.63, 3.8) is 0 Å². The number of amides is 1. The third-order valence-electron chi connectivity index (χ3n) is 4.46. The van der Waals surface area contributed by atoms with Gasteiger partial charge in [0.2, 0.25) is 11.1 Å². The van der Waals surface area contributed by atoms with Crippen LogP contribution in [-0.2, 0) is 4.79 Å². The van der Waals surface area contributed by atoms with Gasteiger partial charge in [-0.15, -0.1) is 10.2 Å². The van der Waals surface area contributed by atoms with Gasteiger partial charge in [0.1, 0.15) is 11.1 Å². The van der Waals surface area contributed by atoms with E-state index in [9.17, 15) is 4.79 Å². The van der Waals surface area contributed by atoms with Crippen molar-refractivity contribution in [2.45, 2.75) is 30.3 Å². The van der Waals surface area contributed by atoms with Crippen molar-refractivity contribution >= 4 is 39.3 Å². The number of benzene rings is 2. The zero-order chi connectivity index (χ0) is 19.0. The molecule has 8 heteroatoms. The molecule has 2 heterocycles. The Bertz CT molecular complexity index is 991. The van der Waals surface area contributed by atoms with Crippen molar-refractivity contribution in [1.82, 2.24) is 14.9 Å². The first-order chi connectivity index (χ1) is 13.0. The van der Waals surface area contributed by atoms with Crippen molar-refractivity contribution in [2.75, 3.05) is 10.7 Å². The normalized spacial score (nSPS) is 18.5. The Morgan fingerprint density at radius 2 is 1.96 bits per heavy atom. The highest BCUT2D eigenvalue weighted by Crippen LogP contribution is 2.37. The number of aryl methyl sites for hydroxylation is 2. The van der Waals surface area contributed by atoms with E-state index >= 15 is 0 Å². The van der Waals surface area contributed by atoms with Gasteiger partial charge in [-0.3, -0.25) is 4.79 Å². The Morgan fingerprint density at radius 1 is 1.19 bits per heavy atom. The SMILES string of the molecule is Cc1cc(Br)ccc1NC(=O)[C@H]1Sc2nnc(C)n2N[C@@H]1c1ccccc1. The van der Waals surface area contributed by atoms with Gasteiger partial charge in [0.15, 0.2) is 0 Å². The maximum absolute atomic E-state index is 13.2. The number of aromatic nitrogens is 3. The van der Waals surface area contributed by atoms with Crippen LogP contribution in [0, 0.1) is 13.8 Å². The van der Waals surface area contributed by atoms with Crippen molar-refractivity contribution in [2.24, 2.45) is 0 Å². The minimum Gasteiger partial charge on any atom is -0.325 e. The fraction of sp³-hybridized carbons (Fsp3) is 0.211. The van der Waals surface area contributed by atoms with Gasteiger partial charge in [0.25, 0.3) is 0 Å². The summed E-state index contributed by atoms with van der Waals surface area (Å²) in [5.74, 6) is 0.694. The average Bonchev–Trinajstić information content (AvgIpc) is 3.04. The maximum atomic E-state index is 13.2. The Labute approximate surface area is 169 Å². The first kappa shape index (κ1) is 18.1. The van der Waals surface area contributed by atoms with Crippen LogP contribution >= 0.6 is 27.7 Å². The quantitative estimate of drug-likeness (QED) is 0.638. The van der Waals surface area contributed by atoms with Crippen molar-refractivity contribution in [1.29, 1.82) is 0 Å². The number of nitrogens with one attached hydrogen (secondary N) is 2. The van der Waals surface area contributed by atoms with Crippen LogP contribution in [0.5, 0.6) is 0 Å². The third-order valence-corrected chi connectivity index (χ3v) is 6.17. The summed E-state index contributed by atoms with van der Waals surface area (Å²) in [6, 6.07) is 15.6. The molecule has 4 rings (SSSR count). The summed E-state index contributed by atoms with van der Waals surface area (Å²) in [5, 5.41) is 11.7. The first-order valence-electron chi connectivity index (χ1n) is 8.50. The van der Waals surface area contributed by atoms with Gasteiger partial charge in [-0.1, -0.05) is 58.0 Å². The molecule has 138 valence electrons. The van der Waals surface area contributed by atoms with Crippen LogP contribution in [0.1, 0.15) is 23.0 Å². The Balaban J connectivity index is 1.66. The standard InChI is InChI=1S/C19H18BrN5OS/c1-11-10-14(20)8-9-15(11)21-18(26)17-16(13-6-4-3-5-7-13)24-25-12(2)22-23-19(25)27-17/h3-10,16-17,24H,1-2H3,(H,21,26)/t16-,17+/m1/s1. The van der Waals surface area contributed by atoms with E-state index in [1.54, 1.807) is 0 Å². The molecule has 1 amide bonds. The lowest BCUT2D eigenvalue weighted by atomic mass is 10.0. The van der Waals surface area contributed by atoms with E-state index in [4.69, 9.17) is 0 Å². The minimum atomic E-state index is -0.383. The molecule has 0 bridgehead atoms. The molecule has 2 atom stereocenters. The molecule has 1 aromatic heterocycles. The number of carbonyl (C=O) groups excluding carboxylic acids is 1. The molecule has 0 saturated carbocycles. The maximum Gasteiger partial charge on any atom is 0.240 e. The number of fused-ring (bicyclic) bond motifs is 1. The van der Waals surface area contributed by atoms with Gasteiger partial charge in [0, 0.05) is 10.2 Å². The summed E-state index contributed by atoms with van der Waals surface area (Å²) in [6.45, 7) is 3.86. The van der Waals surface area contributed by atoms with E-state index < -0.39 is 0 Å². The molecule has 0 aliphatic carbocycles. The Kier molecular flexibility index (Phi) is 4.92. The molecule has 6 nitrogen and oxygen atoms in total. The molecule has 0 unspecified atom stereocenters. The lowest BCUT2D eigenvalue weighted by molar-refractivity contribution is -0.116. The van der Waals surface area contributed by atoms with Crippen LogP contribution in [0.4, 0.5) is 5.69 Å². The molecule has 0 fully saturated rings. The molecular weight excluding hydrogens is 426 g/mol. The zero-order valence-corrected chi connectivity index (χ0v) is 17.2. The molecule has 0 radical (unpaired) electrons. The predicted octanol–water partition coefficient (Wildman–Crippen LogP) is 4.06. The number of hydrogen-bond donors (Lipinski definition) is 2. The van der Waals surface area contributed by atoms with Gasteiger partial charge in [-0.25, -0.2) is 4.68 Å². The number of thioether (sulfide) groups is 1. The molecule has 0 saturated heterocycles. The van der Waals surface area contributed by atoms with E-state index in [1.807, 2.05) is 67.1 Å². The van der Waals surface area contributed by atoms with Crippen molar-refractivity contribution in [3.8, 4) is 0 Å². The van der Waals surface area contributed by atoms with Crippen LogP contribution in [0.25, 0.3) is 0 Å². The second-order valence-electron chi connectivity index (χ2n) is 6.37. The van der Waals surface area contributed by atoms with Crippen LogP contribution in [0.3, 0.4) is 0 Å². The summed E-state index contributed by atoms with van der Waals surface area (Å²) < 4.78 is 2.83. The highest BCUT2D eigenvalue weighted by Gasteiger charge is 2.37. The van der Waals surface area contributed by atoms with Crippen LogP contribution < -0.4 is 10.7 Å². The second-order valence-corrected chi connectivity index (χ2v) is 8.39. The van der Waals surface area contributed by atoms with E-state index in [0.29, 0.717) is 5.16 Å². The minimum absolute atomic E-state index is 0.0707. The summed E-state index contributed by atoms with van der Waals surface area (Å²) in [7, 11) is 0. The number of rotatable bonds is 3. The van der Waals surface area contributed by atoms with Gasteiger partial charge in [-0.2, -0.15) is 0 Å². The topological polar surface area (TPSA) is 71.8 Å². The molecule has 27 heavy (non-hydrogen) atoms. The fourth-order valence-electron chi connectivity index (χ4n) is 3.04. The Morgan fingerprint density at radius 3 is 2.70 bits per heavy atom. The summed E-state index contributed by atoms with van der Waals surface area (Å²) in [4.78, 5) is 13.2. The van der Waals surface area contributed by atoms with Crippen LogP contribution in [0.2, 0.25) is 0 Å². The summed E-state index contributed by atoms with van der Waals surface area (Å²) in [6.07, 6.45) is 0. The molecular formula is C19H18BrN5OS. The second kappa shape index (κ2) is 7.36. The lowest BCUT2D eigenvalue weighted by Crippen LogP contribution is -2.41. The average molecular weight is 444 g/mol. The summed E-state index contributed by atoms with van der Waals surface area (Å²) >= 11 is 4.88. The molecule has 1 aliphatic rings. The fourth-order valence-corrected chi connectivity index (χ4v) is 4.64. The number of hydrogen-bond acceptors (Lipinski definition) is 5. The summed E-state index contributed by atoms with van der Waals surface area (Å²) in [5.41, 5.74) is 6.25. The Hall–Kier alpha value is -2.32. The molecule has 2 aromatic carbocycles.